The summed E-state index contributed by atoms with van der Waals surface area (Å²) in [6.07, 6.45) is 1.81. The lowest BCUT2D eigenvalue weighted by Gasteiger charge is -2.10. The molecule has 2 heteroatoms. The van der Waals surface area contributed by atoms with E-state index < -0.39 is 0 Å². The van der Waals surface area contributed by atoms with Gasteiger partial charge in [-0.15, -0.1) is 0 Å². The summed E-state index contributed by atoms with van der Waals surface area (Å²) in [6.45, 7) is 8.09. The molecule has 0 N–H and O–H groups in total. The van der Waals surface area contributed by atoms with Crippen molar-refractivity contribution in [3.05, 3.63) is 41.0 Å². The minimum absolute atomic E-state index is 0.251. The highest BCUT2D eigenvalue weighted by atomic mass is 16.5. The molecule has 0 amide bonds. The Morgan fingerprint density at radius 3 is 2.62 bits per heavy atom. The quantitative estimate of drug-likeness (QED) is 0.575. The normalized spacial score (nSPS) is 11.4. The van der Waals surface area contributed by atoms with E-state index in [1.807, 2.05) is 45.9 Å². The Kier molecular flexibility index (Phi) is 4.29. The van der Waals surface area contributed by atoms with Crippen LogP contribution in [-0.4, -0.2) is 12.6 Å². The van der Waals surface area contributed by atoms with Crippen LogP contribution < -0.4 is 0 Å². The molecule has 0 radical (unpaired) electrons. The first-order chi connectivity index (χ1) is 7.60. The fourth-order valence-electron chi connectivity index (χ4n) is 1.62. The maximum absolute atomic E-state index is 11.7. The SMILES string of the molecule is C/C=C(/C(=O)OCC)c1cc(C)ccc1C. The Bertz CT molecular complexity index is 417. The van der Waals surface area contributed by atoms with E-state index >= 15 is 0 Å². The molecule has 1 aromatic carbocycles. The second-order valence-electron chi connectivity index (χ2n) is 3.74. The average molecular weight is 218 g/mol. The number of rotatable bonds is 3. The molecule has 0 aromatic heterocycles. The monoisotopic (exact) mass is 218 g/mol. The number of aryl methyl sites for hydroxylation is 2. The number of carbonyl (C=O) groups is 1. The van der Waals surface area contributed by atoms with Crippen molar-refractivity contribution in [3.63, 3.8) is 0 Å². The minimum Gasteiger partial charge on any atom is -0.462 e. The molecule has 86 valence electrons. The molecule has 2 nitrogen and oxygen atoms in total. The van der Waals surface area contributed by atoms with Crippen LogP contribution in [0.4, 0.5) is 0 Å². The molecule has 1 rings (SSSR count). The summed E-state index contributed by atoms with van der Waals surface area (Å²) in [4.78, 5) is 11.7. The summed E-state index contributed by atoms with van der Waals surface area (Å²) in [5, 5.41) is 0. The Labute approximate surface area is 96.9 Å². The van der Waals surface area contributed by atoms with Crippen LogP contribution in [0.5, 0.6) is 0 Å². The summed E-state index contributed by atoms with van der Waals surface area (Å²) in [5.74, 6) is -0.251. The highest BCUT2D eigenvalue weighted by Gasteiger charge is 2.13. The summed E-state index contributed by atoms with van der Waals surface area (Å²) >= 11 is 0. The van der Waals surface area contributed by atoms with E-state index in [4.69, 9.17) is 4.74 Å². The van der Waals surface area contributed by atoms with E-state index in [0.29, 0.717) is 12.2 Å². The van der Waals surface area contributed by atoms with Crippen LogP contribution in [0.15, 0.2) is 24.3 Å². The Balaban J connectivity index is 3.14. The molecule has 0 atom stereocenters. The van der Waals surface area contributed by atoms with E-state index in [1.165, 1.54) is 0 Å². The summed E-state index contributed by atoms with van der Waals surface area (Å²) in [6, 6.07) is 6.08. The molecule has 16 heavy (non-hydrogen) atoms. The van der Waals surface area contributed by atoms with Crippen LogP contribution >= 0.6 is 0 Å². The molecule has 0 unspecified atom stereocenters. The van der Waals surface area contributed by atoms with Crippen molar-refractivity contribution in [2.75, 3.05) is 6.61 Å². The number of hydrogen-bond donors (Lipinski definition) is 0. The third kappa shape index (κ3) is 2.72. The number of carbonyl (C=O) groups excluding carboxylic acids is 1. The largest absolute Gasteiger partial charge is 0.462 e. The minimum atomic E-state index is -0.251. The van der Waals surface area contributed by atoms with Crippen LogP contribution in [0.1, 0.15) is 30.5 Å². The van der Waals surface area contributed by atoms with Crippen molar-refractivity contribution in [2.45, 2.75) is 27.7 Å². The number of esters is 1. The maximum atomic E-state index is 11.7. The lowest BCUT2D eigenvalue weighted by Crippen LogP contribution is -2.07. The summed E-state index contributed by atoms with van der Waals surface area (Å²) < 4.78 is 5.04. The Morgan fingerprint density at radius 2 is 2.06 bits per heavy atom. The van der Waals surface area contributed by atoms with Gasteiger partial charge in [-0.1, -0.05) is 29.8 Å². The van der Waals surface area contributed by atoms with Crippen molar-refractivity contribution in [3.8, 4) is 0 Å². The van der Waals surface area contributed by atoms with E-state index in [1.54, 1.807) is 6.08 Å². The lowest BCUT2D eigenvalue weighted by molar-refractivity contribution is -0.136. The second-order valence-corrected chi connectivity index (χ2v) is 3.74. The molecular formula is C14H18O2. The average Bonchev–Trinajstić information content (AvgIpc) is 2.24. The zero-order valence-electron chi connectivity index (χ0n) is 10.3. The Morgan fingerprint density at radius 1 is 1.38 bits per heavy atom. The van der Waals surface area contributed by atoms with Gasteiger partial charge in [0.2, 0.25) is 0 Å². The Hall–Kier alpha value is -1.57. The van der Waals surface area contributed by atoms with Gasteiger partial charge in [-0.3, -0.25) is 0 Å². The predicted octanol–water partition coefficient (Wildman–Crippen LogP) is 3.27. The van der Waals surface area contributed by atoms with Gasteiger partial charge in [0.25, 0.3) is 0 Å². The zero-order valence-corrected chi connectivity index (χ0v) is 10.3. The van der Waals surface area contributed by atoms with Gasteiger partial charge in [0, 0.05) is 0 Å². The van der Waals surface area contributed by atoms with Gasteiger partial charge in [0.1, 0.15) is 0 Å². The summed E-state index contributed by atoms with van der Waals surface area (Å²) in [7, 11) is 0. The third-order valence-electron chi connectivity index (χ3n) is 2.47. The van der Waals surface area contributed by atoms with Crippen LogP contribution in [0.3, 0.4) is 0 Å². The van der Waals surface area contributed by atoms with Crippen molar-refractivity contribution in [1.82, 2.24) is 0 Å². The van der Waals surface area contributed by atoms with Crippen LogP contribution in [0.25, 0.3) is 5.57 Å². The fourth-order valence-corrected chi connectivity index (χ4v) is 1.62. The molecule has 0 aliphatic heterocycles. The van der Waals surface area contributed by atoms with E-state index in [2.05, 4.69) is 0 Å². The first-order valence-electron chi connectivity index (χ1n) is 5.51. The van der Waals surface area contributed by atoms with Crippen molar-refractivity contribution < 1.29 is 9.53 Å². The topological polar surface area (TPSA) is 26.3 Å². The molecular weight excluding hydrogens is 200 g/mol. The van der Waals surface area contributed by atoms with Crippen LogP contribution in [0, 0.1) is 13.8 Å². The maximum Gasteiger partial charge on any atom is 0.338 e. The third-order valence-corrected chi connectivity index (χ3v) is 2.47. The number of hydrogen-bond acceptors (Lipinski definition) is 2. The molecule has 0 bridgehead atoms. The molecule has 0 heterocycles. The van der Waals surface area contributed by atoms with Gasteiger partial charge in [-0.2, -0.15) is 0 Å². The van der Waals surface area contributed by atoms with E-state index in [0.717, 1.165) is 16.7 Å². The molecule has 0 aliphatic rings. The van der Waals surface area contributed by atoms with Gasteiger partial charge in [-0.25, -0.2) is 4.79 Å². The molecule has 0 aliphatic carbocycles. The standard InChI is InChI=1S/C14H18O2/c1-5-12(14(15)16-6-2)13-9-10(3)7-8-11(13)4/h5,7-9H,6H2,1-4H3/b12-5+. The van der Waals surface area contributed by atoms with Crippen molar-refractivity contribution in [1.29, 1.82) is 0 Å². The van der Waals surface area contributed by atoms with Gasteiger partial charge in [-0.05, 0) is 38.8 Å². The molecule has 0 saturated carbocycles. The highest BCUT2D eigenvalue weighted by molar-refractivity contribution is 6.16. The van der Waals surface area contributed by atoms with E-state index in [-0.39, 0.29) is 5.97 Å². The van der Waals surface area contributed by atoms with Crippen LogP contribution in [0.2, 0.25) is 0 Å². The zero-order chi connectivity index (χ0) is 12.1. The molecule has 0 saturated heterocycles. The molecule has 1 aromatic rings. The second kappa shape index (κ2) is 5.50. The first-order valence-corrected chi connectivity index (χ1v) is 5.51. The van der Waals surface area contributed by atoms with Crippen molar-refractivity contribution >= 4 is 11.5 Å². The van der Waals surface area contributed by atoms with Crippen LogP contribution in [-0.2, 0) is 9.53 Å². The highest BCUT2D eigenvalue weighted by Crippen LogP contribution is 2.21. The van der Waals surface area contributed by atoms with Gasteiger partial charge < -0.3 is 4.74 Å². The first kappa shape index (κ1) is 12.5. The number of benzene rings is 1. The number of allylic oxidation sites excluding steroid dienone is 1. The predicted molar refractivity (Wildman–Crippen MR) is 66.2 cm³/mol. The van der Waals surface area contributed by atoms with Gasteiger partial charge in [0.15, 0.2) is 0 Å². The number of ether oxygens (including phenoxy) is 1. The summed E-state index contributed by atoms with van der Waals surface area (Å²) in [5.41, 5.74) is 3.83. The molecule has 0 fully saturated rings. The van der Waals surface area contributed by atoms with Gasteiger partial charge >= 0.3 is 5.97 Å². The van der Waals surface area contributed by atoms with E-state index in [9.17, 15) is 4.79 Å². The smallest absolute Gasteiger partial charge is 0.338 e. The molecule has 0 spiro atoms. The fraction of sp³-hybridized carbons (Fsp3) is 0.357. The lowest BCUT2D eigenvalue weighted by atomic mass is 9.98. The van der Waals surface area contributed by atoms with Crippen molar-refractivity contribution in [2.24, 2.45) is 0 Å². The van der Waals surface area contributed by atoms with Gasteiger partial charge in [0.05, 0.1) is 12.2 Å².